The standard InChI is InChI=1S/C12H14F2N2O3/c13-9-5-10(14)12(16(18)19)6-11(9)15-7-1-3-8(17)4-2-7/h5-8,15,17H,1-4H2. The van der Waals surface area contributed by atoms with E-state index in [-0.39, 0.29) is 17.8 Å². The lowest BCUT2D eigenvalue weighted by molar-refractivity contribution is -0.387. The van der Waals surface area contributed by atoms with Crippen LogP contribution < -0.4 is 5.32 Å². The number of nitro groups is 1. The van der Waals surface area contributed by atoms with Gasteiger partial charge < -0.3 is 10.4 Å². The number of aliphatic hydroxyl groups is 1. The quantitative estimate of drug-likeness (QED) is 0.655. The van der Waals surface area contributed by atoms with E-state index in [0.717, 1.165) is 6.07 Å². The zero-order valence-corrected chi connectivity index (χ0v) is 10.1. The average molecular weight is 272 g/mol. The van der Waals surface area contributed by atoms with Gasteiger partial charge in [-0.1, -0.05) is 0 Å². The molecule has 1 aromatic rings. The Bertz CT molecular complexity index is 488. The van der Waals surface area contributed by atoms with Gasteiger partial charge in [0.2, 0.25) is 5.82 Å². The fraction of sp³-hybridized carbons (Fsp3) is 0.500. The van der Waals surface area contributed by atoms with Crippen LogP contribution in [0, 0.1) is 21.7 Å². The number of nitrogens with zero attached hydrogens (tertiary/aromatic N) is 1. The van der Waals surface area contributed by atoms with Crippen LogP contribution in [-0.4, -0.2) is 22.2 Å². The Labute approximate surface area is 108 Å². The summed E-state index contributed by atoms with van der Waals surface area (Å²) >= 11 is 0. The van der Waals surface area contributed by atoms with E-state index in [1.54, 1.807) is 0 Å². The minimum atomic E-state index is -1.19. The summed E-state index contributed by atoms with van der Waals surface area (Å²) in [7, 11) is 0. The van der Waals surface area contributed by atoms with E-state index in [4.69, 9.17) is 0 Å². The molecule has 0 saturated heterocycles. The molecule has 104 valence electrons. The van der Waals surface area contributed by atoms with Crippen molar-refractivity contribution in [3.8, 4) is 0 Å². The van der Waals surface area contributed by atoms with Crippen LogP contribution >= 0.6 is 0 Å². The molecule has 0 bridgehead atoms. The first-order chi connectivity index (χ1) is 8.97. The predicted octanol–water partition coefficient (Wildman–Crippen LogP) is 2.59. The smallest absolute Gasteiger partial charge is 0.307 e. The predicted molar refractivity (Wildman–Crippen MR) is 64.9 cm³/mol. The van der Waals surface area contributed by atoms with E-state index in [9.17, 15) is 24.0 Å². The van der Waals surface area contributed by atoms with Gasteiger partial charge in [-0.3, -0.25) is 10.1 Å². The van der Waals surface area contributed by atoms with Crippen molar-refractivity contribution < 1.29 is 18.8 Å². The molecule has 1 aromatic carbocycles. The normalized spacial score (nSPS) is 23.1. The topological polar surface area (TPSA) is 75.4 Å². The molecule has 0 heterocycles. The number of halogens is 2. The number of rotatable bonds is 3. The first kappa shape index (κ1) is 13.7. The van der Waals surface area contributed by atoms with Crippen LogP contribution in [0.2, 0.25) is 0 Å². The van der Waals surface area contributed by atoms with Crippen LogP contribution in [0.4, 0.5) is 20.2 Å². The largest absolute Gasteiger partial charge is 0.393 e. The molecule has 5 nitrogen and oxygen atoms in total. The zero-order chi connectivity index (χ0) is 14.0. The highest BCUT2D eigenvalue weighted by Crippen LogP contribution is 2.28. The molecule has 1 aliphatic rings. The number of benzene rings is 1. The molecule has 0 spiro atoms. The van der Waals surface area contributed by atoms with Gasteiger partial charge >= 0.3 is 5.69 Å². The van der Waals surface area contributed by atoms with Gasteiger partial charge in [-0.25, -0.2) is 4.39 Å². The lowest BCUT2D eigenvalue weighted by atomic mass is 9.93. The van der Waals surface area contributed by atoms with E-state index in [1.165, 1.54) is 0 Å². The van der Waals surface area contributed by atoms with E-state index in [2.05, 4.69) is 5.32 Å². The SMILES string of the molecule is O=[N+]([O-])c1cc(NC2CCC(O)CC2)c(F)cc1F. The number of nitro benzene ring substituents is 1. The fourth-order valence-corrected chi connectivity index (χ4v) is 2.23. The molecular weight excluding hydrogens is 258 g/mol. The first-order valence-electron chi connectivity index (χ1n) is 6.05. The summed E-state index contributed by atoms with van der Waals surface area (Å²) in [6, 6.07) is 1.32. The van der Waals surface area contributed by atoms with Crippen LogP contribution in [0.5, 0.6) is 0 Å². The fourth-order valence-electron chi connectivity index (χ4n) is 2.23. The highest BCUT2D eigenvalue weighted by atomic mass is 19.1. The minimum absolute atomic E-state index is 0.0667. The molecule has 0 unspecified atom stereocenters. The Hall–Kier alpha value is -1.76. The lowest BCUT2D eigenvalue weighted by Gasteiger charge is -2.27. The summed E-state index contributed by atoms with van der Waals surface area (Å²) in [5.74, 6) is -2.04. The summed E-state index contributed by atoms with van der Waals surface area (Å²) in [4.78, 5) is 9.72. The third-order valence-corrected chi connectivity index (χ3v) is 3.29. The average Bonchev–Trinajstić information content (AvgIpc) is 2.34. The highest BCUT2D eigenvalue weighted by molar-refractivity contribution is 5.53. The molecule has 1 saturated carbocycles. The highest BCUT2D eigenvalue weighted by Gasteiger charge is 2.23. The van der Waals surface area contributed by atoms with Crippen LogP contribution in [-0.2, 0) is 0 Å². The summed E-state index contributed by atoms with van der Waals surface area (Å²) in [5, 5.41) is 22.8. The summed E-state index contributed by atoms with van der Waals surface area (Å²) in [6.45, 7) is 0. The van der Waals surface area contributed by atoms with Crippen LogP contribution in [0.3, 0.4) is 0 Å². The van der Waals surface area contributed by atoms with Crippen molar-refractivity contribution in [2.75, 3.05) is 5.32 Å². The van der Waals surface area contributed by atoms with Crippen molar-refractivity contribution in [1.82, 2.24) is 0 Å². The van der Waals surface area contributed by atoms with Gasteiger partial charge in [0, 0.05) is 18.2 Å². The van der Waals surface area contributed by atoms with Gasteiger partial charge in [0.1, 0.15) is 5.82 Å². The second-order valence-corrected chi connectivity index (χ2v) is 4.69. The van der Waals surface area contributed by atoms with Gasteiger partial charge in [-0.05, 0) is 25.7 Å². The third-order valence-electron chi connectivity index (χ3n) is 3.29. The van der Waals surface area contributed by atoms with Crippen LogP contribution in [0.15, 0.2) is 12.1 Å². The molecule has 2 N–H and O–H groups in total. The lowest BCUT2D eigenvalue weighted by Crippen LogP contribution is -2.28. The summed E-state index contributed by atoms with van der Waals surface area (Å²) in [5.41, 5.74) is -0.825. The number of nitrogens with one attached hydrogen (secondary N) is 1. The van der Waals surface area contributed by atoms with Crippen molar-refractivity contribution in [3.05, 3.63) is 33.9 Å². The van der Waals surface area contributed by atoms with E-state index < -0.39 is 22.2 Å². The van der Waals surface area contributed by atoms with Crippen molar-refractivity contribution in [1.29, 1.82) is 0 Å². The van der Waals surface area contributed by atoms with Gasteiger partial charge in [0.15, 0.2) is 0 Å². The third kappa shape index (κ3) is 3.17. The molecule has 1 aliphatic carbocycles. The second kappa shape index (κ2) is 5.48. The second-order valence-electron chi connectivity index (χ2n) is 4.69. The monoisotopic (exact) mass is 272 g/mol. The molecule has 0 atom stereocenters. The number of hydrogen-bond acceptors (Lipinski definition) is 4. The molecule has 0 amide bonds. The van der Waals surface area contributed by atoms with Gasteiger partial charge in [-0.15, -0.1) is 0 Å². The van der Waals surface area contributed by atoms with Crippen molar-refractivity contribution in [2.24, 2.45) is 0 Å². The summed E-state index contributed by atoms with van der Waals surface area (Å²) in [6.07, 6.45) is 2.15. The van der Waals surface area contributed by atoms with Gasteiger partial charge in [0.05, 0.1) is 16.7 Å². The molecule has 7 heteroatoms. The molecule has 1 fully saturated rings. The maximum Gasteiger partial charge on any atom is 0.307 e. The van der Waals surface area contributed by atoms with Crippen LogP contribution in [0.1, 0.15) is 25.7 Å². The molecule has 0 aromatic heterocycles. The Morgan fingerprint density at radius 3 is 2.42 bits per heavy atom. The minimum Gasteiger partial charge on any atom is -0.393 e. The Morgan fingerprint density at radius 2 is 1.84 bits per heavy atom. The molecule has 2 rings (SSSR count). The maximum atomic E-state index is 13.6. The van der Waals surface area contributed by atoms with E-state index >= 15 is 0 Å². The van der Waals surface area contributed by atoms with E-state index in [1.807, 2.05) is 0 Å². The molecular formula is C12H14F2N2O3. The van der Waals surface area contributed by atoms with Crippen molar-refractivity contribution in [3.63, 3.8) is 0 Å². The van der Waals surface area contributed by atoms with E-state index in [0.29, 0.717) is 31.7 Å². The van der Waals surface area contributed by atoms with Crippen molar-refractivity contribution in [2.45, 2.75) is 37.8 Å². The van der Waals surface area contributed by atoms with Gasteiger partial charge in [0.25, 0.3) is 0 Å². The Morgan fingerprint density at radius 1 is 1.21 bits per heavy atom. The Balaban J connectivity index is 2.15. The number of aliphatic hydroxyl groups excluding tert-OH is 1. The zero-order valence-electron chi connectivity index (χ0n) is 10.1. The Kier molecular flexibility index (Phi) is 3.94. The van der Waals surface area contributed by atoms with Gasteiger partial charge in [-0.2, -0.15) is 4.39 Å². The first-order valence-corrected chi connectivity index (χ1v) is 6.05. The number of hydrogen-bond donors (Lipinski definition) is 2. The number of anilines is 1. The molecule has 0 radical (unpaired) electrons. The van der Waals surface area contributed by atoms with Crippen molar-refractivity contribution >= 4 is 11.4 Å². The maximum absolute atomic E-state index is 13.6. The molecule has 19 heavy (non-hydrogen) atoms. The molecule has 0 aliphatic heterocycles. The summed E-state index contributed by atoms with van der Waals surface area (Å²) < 4.78 is 26.7. The van der Waals surface area contributed by atoms with Crippen LogP contribution in [0.25, 0.3) is 0 Å².